The van der Waals surface area contributed by atoms with Gasteiger partial charge in [0.25, 0.3) is 5.91 Å². The molecule has 1 aromatic heterocycles. The van der Waals surface area contributed by atoms with E-state index in [1.54, 1.807) is 29.9 Å². The number of anilines is 1. The second kappa shape index (κ2) is 9.46. The summed E-state index contributed by atoms with van der Waals surface area (Å²) in [6.07, 6.45) is 1.72. The predicted octanol–water partition coefficient (Wildman–Crippen LogP) is 4.33. The van der Waals surface area contributed by atoms with E-state index in [4.69, 9.17) is 14.6 Å². The Morgan fingerprint density at radius 2 is 1.91 bits per heavy atom. The third-order valence-electron chi connectivity index (χ3n) is 5.28. The number of carbonyl (C=O) groups is 1. The van der Waals surface area contributed by atoms with Crippen molar-refractivity contribution in [3.8, 4) is 22.8 Å². The van der Waals surface area contributed by atoms with Crippen LogP contribution in [0.3, 0.4) is 0 Å². The molecule has 0 atom stereocenters. The number of aromatic nitrogens is 1. The van der Waals surface area contributed by atoms with Crippen molar-refractivity contribution >= 4 is 28.6 Å². The van der Waals surface area contributed by atoms with Crippen molar-refractivity contribution in [1.82, 2.24) is 4.68 Å². The fraction of sp³-hybridized carbons (Fsp3) is 0.240. The Hall–Kier alpha value is -3.65. The van der Waals surface area contributed by atoms with E-state index < -0.39 is 0 Å². The van der Waals surface area contributed by atoms with Crippen LogP contribution in [0.4, 0.5) is 5.69 Å². The van der Waals surface area contributed by atoms with E-state index in [9.17, 15) is 4.79 Å². The second-order valence-electron chi connectivity index (χ2n) is 7.65. The number of nitrogens with zero attached hydrogens (tertiary/aromatic N) is 4. The second-order valence-corrected chi connectivity index (χ2v) is 8.48. The Bertz CT molecular complexity index is 1300. The van der Waals surface area contributed by atoms with Gasteiger partial charge in [-0.2, -0.15) is 5.10 Å². The molecule has 4 rings (SSSR count). The van der Waals surface area contributed by atoms with Gasteiger partial charge in [0.1, 0.15) is 11.5 Å². The number of para-hydroxylation sites is 1. The first kappa shape index (κ1) is 22.5. The molecule has 0 N–H and O–H groups in total. The van der Waals surface area contributed by atoms with Gasteiger partial charge in [-0.15, -0.1) is 17.9 Å². The van der Waals surface area contributed by atoms with E-state index >= 15 is 0 Å². The maximum Gasteiger partial charge on any atom is 0.279 e. The highest BCUT2D eigenvalue weighted by atomic mass is 32.1. The molecule has 2 heterocycles. The maximum atomic E-state index is 13.4. The minimum atomic E-state index is -0.136. The Kier molecular flexibility index (Phi) is 6.46. The number of thiazole rings is 1. The number of ether oxygens (including phenoxy) is 2. The highest BCUT2D eigenvalue weighted by Crippen LogP contribution is 2.35. The average molecular weight is 463 g/mol. The lowest BCUT2D eigenvalue weighted by Crippen LogP contribution is -2.36. The van der Waals surface area contributed by atoms with Gasteiger partial charge in [-0.3, -0.25) is 9.79 Å². The molecular weight excluding hydrogens is 436 g/mol. The van der Waals surface area contributed by atoms with Crippen LogP contribution in [0.15, 0.2) is 70.6 Å². The molecule has 1 aliphatic heterocycles. The molecule has 0 bridgehead atoms. The molecule has 170 valence electrons. The molecule has 0 aliphatic carbocycles. The summed E-state index contributed by atoms with van der Waals surface area (Å²) in [5.41, 5.74) is 3.57. The quantitative estimate of drug-likeness (QED) is 0.491. The van der Waals surface area contributed by atoms with Gasteiger partial charge in [0.05, 0.1) is 32.1 Å². The molecule has 7 nitrogen and oxygen atoms in total. The van der Waals surface area contributed by atoms with Crippen molar-refractivity contribution < 1.29 is 14.3 Å². The molecule has 0 unspecified atom stereocenters. The fourth-order valence-corrected chi connectivity index (χ4v) is 4.61. The van der Waals surface area contributed by atoms with E-state index in [1.165, 1.54) is 11.3 Å². The van der Waals surface area contributed by atoms with E-state index in [0.29, 0.717) is 28.6 Å². The third-order valence-corrected chi connectivity index (χ3v) is 6.13. The topological polar surface area (TPSA) is 68.4 Å². The van der Waals surface area contributed by atoms with Crippen molar-refractivity contribution in [3.05, 3.63) is 70.9 Å². The zero-order chi connectivity index (χ0) is 23.5. The van der Waals surface area contributed by atoms with Gasteiger partial charge in [-0.05, 0) is 38.1 Å². The lowest BCUT2D eigenvalue weighted by molar-refractivity contribution is -0.112. The molecule has 0 fully saturated rings. The third kappa shape index (κ3) is 4.09. The summed E-state index contributed by atoms with van der Waals surface area (Å²) in [5, 5.41) is 6.81. The number of carbonyl (C=O) groups excluding carboxylic acids is 1. The van der Waals surface area contributed by atoms with E-state index in [1.807, 2.05) is 61.7 Å². The van der Waals surface area contributed by atoms with Crippen LogP contribution in [0.5, 0.6) is 11.5 Å². The van der Waals surface area contributed by atoms with E-state index in [2.05, 4.69) is 11.6 Å². The summed E-state index contributed by atoms with van der Waals surface area (Å²) in [5.74, 6) is 1.22. The van der Waals surface area contributed by atoms with Crippen LogP contribution in [0.1, 0.15) is 19.4 Å². The van der Waals surface area contributed by atoms with Gasteiger partial charge in [0.15, 0.2) is 5.71 Å². The smallest absolute Gasteiger partial charge is 0.279 e. The van der Waals surface area contributed by atoms with Gasteiger partial charge >= 0.3 is 0 Å². The summed E-state index contributed by atoms with van der Waals surface area (Å²) < 4.78 is 12.7. The monoisotopic (exact) mass is 462 g/mol. The van der Waals surface area contributed by atoms with Gasteiger partial charge < -0.3 is 14.4 Å². The molecule has 8 heteroatoms. The minimum absolute atomic E-state index is 0.00157. The number of hydrogen-bond donors (Lipinski definition) is 0. The van der Waals surface area contributed by atoms with Gasteiger partial charge in [-0.25, -0.2) is 4.68 Å². The fourth-order valence-electron chi connectivity index (χ4n) is 3.78. The number of amides is 1. The molecule has 0 saturated carbocycles. The van der Waals surface area contributed by atoms with Crippen LogP contribution in [-0.4, -0.2) is 43.1 Å². The first-order valence-corrected chi connectivity index (χ1v) is 11.4. The molecule has 33 heavy (non-hydrogen) atoms. The van der Waals surface area contributed by atoms with Crippen LogP contribution >= 0.6 is 11.3 Å². The lowest BCUT2D eigenvalue weighted by Gasteiger charge is -2.20. The molecule has 0 spiro atoms. The first-order chi connectivity index (χ1) is 16.0. The number of methoxy groups -OCH3 is 2. The van der Waals surface area contributed by atoms with Crippen molar-refractivity contribution in [2.75, 3.05) is 25.7 Å². The zero-order valence-corrected chi connectivity index (χ0v) is 19.9. The molecule has 0 saturated heterocycles. The van der Waals surface area contributed by atoms with Gasteiger partial charge in [0, 0.05) is 22.5 Å². The first-order valence-electron chi connectivity index (χ1n) is 10.6. The van der Waals surface area contributed by atoms with Gasteiger partial charge in [-0.1, -0.05) is 24.3 Å². The van der Waals surface area contributed by atoms with Crippen LogP contribution in [0.2, 0.25) is 0 Å². The molecule has 1 aliphatic rings. The average Bonchev–Trinajstić information content (AvgIpc) is 3.35. The summed E-state index contributed by atoms with van der Waals surface area (Å²) in [6.45, 7) is 8.18. The van der Waals surface area contributed by atoms with Crippen LogP contribution in [0, 0.1) is 0 Å². The summed E-state index contributed by atoms with van der Waals surface area (Å²) in [7, 11) is 3.24. The standard InChI is InChI=1S/C25H26N4O3S/c1-6-13-26-25-29(21(15-33-25)19-14-17(31-4)11-12-22(19)32-5)27-23-18-9-7-8-10-20(18)28(16(2)3)24(23)30/h6-12,14-16H,1,13H2,2-5H3. The molecule has 0 radical (unpaired) electrons. The van der Waals surface area contributed by atoms with E-state index in [0.717, 1.165) is 22.5 Å². The summed E-state index contributed by atoms with van der Waals surface area (Å²) >= 11 is 1.44. The van der Waals surface area contributed by atoms with Gasteiger partial charge in [0.2, 0.25) is 4.80 Å². The minimum Gasteiger partial charge on any atom is -0.497 e. The van der Waals surface area contributed by atoms with Crippen LogP contribution in [0.25, 0.3) is 11.3 Å². The maximum absolute atomic E-state index is 13.4. The van der Waals surface area contributed by atoms with E-state index in [-0.39, 0.29) is 11.9 Å². The number of fused-ring (bicyclic) bond motifs is 1. The SMILES string of the molecule is C=CCN=c1scc(-c2cc(OC)ccc2OC)n1N=C1C(=O)N(C(C)C)c2ccccc21. The highest BCUT2D eigenvalue weighted by Gasteiger charge is 2.35. The molecular formula is C25H26N4O3S. The lowest BCUT2D eigenvalue weighted by atomic mass is 10.1. The Morgan fingerprint density at radius 3 is 2.61 bits per heavy atom. The molecule has 2 aromatic carbocycles. The van der Waals surface area contributed by atoms with Crippen molar-refractivity contribution in [1.29, 1.82) is 0 Å². The van der Waals surface area contributed by atoms with Crippen molar-refractivity contribution in [2.45, 2.75) is 19.9 Å². The van der Waals surface area contributed by atoms with Crippen molar-refractivity contribution in [3.63, 3.8) is 0 Å². The zero-order valence-electron chi connectivity index (χ0n) is 19.1. The van der Waals surface area contributed by atoms with Crippen molar-refractivity contribution in [2.24, 2.45) is 10.1 Å². The van der Waals surface area contributed by atoms with Crippen LogP contribution < -0.4 is 19.2 Å². The predicted molar refractivity (Wildman–Crippen MR) is 132 cm³/mol. The summed E-state index contributed by atoms with van der Waals surface area (Å²) in [6, 6.07) is 13.3. The number of benzene rings is 2. The normalized spacial score (nSPS) is 14.8. The Labute approximate surface area is 196 Å². The highest BCUT2D eigenvalue weighted by molar-refractivity contribution is 7.07. The molecule has 3 aromatic rings. The Balaban J connectivity index is 1.97. The summed E-state index contributed by atoms with van der Waals surface area (Å²) in [4.78, 5) is 20.4. The largest absolute Gasteiger partial charge is 0.497 e. The van der Waals surface area contributed by atoms with Crippen LogP contribution in [-0.2, 0) is 4.79 Å². The number of hydrogen-bond acceptors (Lipinski definition) is 6. The number of rotatable bonds is 7. The Morgan fingerprint density at radius 1 is 1.12 bits per heavy atom. The molecule has 1 amide bonds.